The molecule has 0 saturated heterocycles. The zero-order valence-electron chi connectivity index (χ0n) is 12.1. The summed E-state index contributed by atoms with van der Waals surface area (Å²) in [4.78, 5) is 13.9. The maximum absolute atomic E-state index is 12.1. The van der Waals surface area contributed by atoms with E-state index in [1.807, 2.05) is 55.3 Å². The zero-order chi connectivity index (χ0) is 15.4. The molecule has 0 unspecified atom stereocenters. The molecule has 0 aromatic heterocycles. The van der Waals surface area contributed by atoms with Gasteiger partial charge in [-0.1, -0.05) is 23.7 Å². The van der Waals surface area contributed by atoms with Gasteiger partial charge in [0, 0.05) is 29.1 Å². The fraction of sp³-hybridized carbons (Fsp3) is 0.188. The van der Waals surface area contributed by atoms with E-state index >= 15 is 0 Å². The number of anilines is 3. The molecular formula is C16H18ClN3O. The zero-order valence-corrected chi connectivity index (χ0v) is 12.8. The molecule has 0 aliphatic heterocycles. The number of halogens is 1. The van der Waals surface area contributed by atoms with Crippen LogP contribution >= 0.6 is 11.6 Å². The van der Waals surface area contributed by atoms with E-state index in [1.54, 1.807) is 6.07 Å². The van der Waals surface area contributed by atoms with Gasteiger partial charge in [0.1, 0.15) is 0 Å². The minimum atomic E-state index is -0.111. The molecule has 0 fully saturated rings. The van der Waals surface area contributed by atoms with Crippen LogP contribution in [0.3, 0.4) is 0 Å². The van der Waals surface area contributed by atoms with Gasteiger partial charge in [-0.05, 0) is 42.8 Å². The van der Waals surface area contributed by atoms with Crippen molar-refractivity contribution in [2.24, 2.45) is 0 Å². The number of carbonyl (C=O) groups excluding carboxylic acids is 1. The molecule has 0 heterocycles. The fourth-order valence-electron chi connectivity index (χ4n) is 1.94. The standard InChI is InChI=1S/C16H18ClN3O/c1-11-6-7-13(9-15(11)17)19-16(21)10-20(2)14-5-3-4-12(18)8-14/h3-9H,10,18H2,1-2H3,(H,19,21). The summed E-state index contributed by atoms with van der Waals surface area (Å²) in [5.41, 5.74) is 8.98. The molecule has 1 amide bonds. The topological polar surface area (TPSA) is 58.4 Å². The number of nitrogens with one attached hydrogen (secondary N) is 1. The first-order valence-corrected chi connectivity index (χ1v) is 6.96. The molecule has 0 aliphatic rings. The molecule has 2 rings (SSSR count). The number of rotatable bonds is 4. The van der Waals surface area contributed by atoms with E-state index in [9.17, 15) is 4.79 Å². The molecule has 0 bridgehead atoms. The van der Waals surface area contributed by atoms with Gasteiger partial charge in [0.2, 0.25) is 5.91 Å². The number of aryl methyl sites for hydroxylation is 1. The lowest BCUT2D eigenvalue weighted by molar-refractivity contribution is -0.114. The van der Waals surface area contributed by atoms with Crippen molar-refractivity contribution in [1.29, 1.82) is 0 Å². The highest BCUT2D eigenvalue weighted by Gasteiger charge is 2.08. The Balaban J connectivity index is 1.99. The Labute approximate surface area is 129 Å². The second kappa shape index (κ2) is 6.50. The summed E-state index contributed by atoms with van der Waals surface area (Å²) in [6.07, 6.45) is 0. The molecule has 4 nitrogen and oxygen atoms in total. The molecule has 21 heavy (non-hydrogen) atoms. The van der Waals surface area contributed by atoms with Gasteiger partial charge in [0.15, 0.2) is 0 Å². The van der Waals surface area contributed by atoms with Crippen LogP contribution in [0.25, 0.3) is 0 Å². The average molecular weight is 304 g/mol. The first-order chi connectivity index (χ1) is 9.95. The highest BCUT2D eigenvalue weighted by Crippen LogP contribution is 2.20. The summed E-state index contributed by atoms with van der Waals surface area (Å²) >= 11 is 6.04. The molecule has 3 N–H and O–H groups in total. The molecule has 0 radical (unpaired) electrons. The molecule has 5 heteroatoms. The van der Waals surface area contributed by atoms with Crippen LogP contribution in [0.5, 0.6) is 0 Å². The van der Waals surface area contributed by atoms with Crippen LogP contribution in [0.4, 0.5) is 17.1 Å². The van der Waals surface area contributed by atoms with E-state index in [0.717, 1.165) is 11.3 Å². The van der Waals surface area contributed by atoms with E-state index in [2.05, 4.69) is 5.32 Å². The van der Waals surface area contributed by atoms with Gasteiger partial charge >= 0.3 is 0 Å². The minimum Gasteiger partial charge on any atom is -0.399 e. The van der Waals surface area contributed by atoms with Gasteiger partial charge in [-0.15, -0.1) is 0 Å². The van der Waals surface area contributed by atoms with Crippen LogP contribution in [0.1, 0.15) is 5.56 Å². The third kappa shape index (κ3) is 4.13. The third-order valence-electron chi connectivity index (χ3n) is 3.15. The van der Waals surface area contributed by atoms with Crippen molar-refractivity contribution in [1.82, 2.24) is 0 Å². The van der Waals surface area contributed by atoms with Crippen molar-refractivity contribution in [3.63, 3.8) is 0 Å². The number of carbonyl (C=O) groups is 1. The SMILES string of the molecule is Cc1ccc(NC(=O)CN(C)c2cccc(N)c2)cc1Cl. The number of benzene rings is 2. The number of hydrogen-bond acceptors (Lipinski definition) is 3. The van der Waals surface area contributed by atoms with Crippen molar-refractivity contribution >= 4 is 34.6 Å². The van der Waals surface area contributed by atoms with E-state index in [0.29, 0.717) is 16.4 Å². The summed E-state index contributed by atoms with van der Waals surface area (Å²) in [6.45, 7) is 2.15. The Morgan fingerprint density at radius 2 is 2.05 bits per heavy atom. The van der Waals surface area contributed by atoms with Crippen molar-refractivity contribution < 1.29 is 4.79 Å². The van der Waals surface area contributed by atoms with Crippen molar-refractivity contribution in [2.45, 2.75) is 6.92 Å². The van der Waals surface area contributed by atoms with Crippen LogP contribution in [-0.2, 0) is 4.79 Å². The Kier molecular flexibility index (Phi) is 4.70. The first kappa shape index (κ1) is 15.2. The Bertz CT molecular complexity index is 658. The van der Waals surface area contributed by atoms with Crippen LogP contribution in [0.2, 0.25) is 5.02 Å². The van der Waals surface area contributed by atoms with Gasteiger partial charge in [0.05, 0.1) is 6.54 Å². The highest BCUT2D eigenvalue weighted by molar-refractivity contribution is 6.31. The summed E-state index contributed by atoms with van der Waals surface area (Å²) in [5.74, 6) is -0.111. The summed E-state index contributed by atoms with van der Waals surface area (Å²) in [7, 11) is 1.84. The van der Waals surface area contributed by atoms with E-state index in [1.165, 1.54) is 0 Å². The smallest absolute Gasteiger partial charge is 0.243 e. The second-order valence-electron chi connectivity index (χ2n) is 4.96. The highest BCUT2D eigenvalue weighted by atomic mass is 35.5. The fourth-order valence-corrected chi connectivity index (χ4v) is 2.12. The molecule has 2 aromatic carbocycles. The van der Waals surface area contributed by atoms with Crippen LogP contribution in [0.15, 0.2) is 42.5 Å². The van der Waals surface area contributed by atoms with E-state index in [4.69, 9.17) is 17.3 Å². The number of nitrogens with zero attached hydrogens (tertiary/aromatic N) is 1. The second-order valence-corrected chi connectivity index (χ2v) is 5.37. The van der Waals surface area contributed by atoms with Gasteiger partial charge in [-0.3, -0.25) is 4.79 Å². The summed E-state index contributed by atoms with van der Waals surface area (Å²) in [5, 5.41) is 3.47. The largest absolute Gasteiger partial charge is 0.399 e. The molecule has 2 aromatic rings. The van der Waals surface area contributed by atoms with Crippen molar-refractivity contribution in [2.75, 3.05) is 29.5 Å². The number of nitrogens with two attached hydrogens (primary N) is 1. The monoisotopic (exact) mass is 303 g/mol. The maximum Gasteiger partial charge on any atom is 0.243 e. The van der Waals surface area contributed by atoms with E-state index < -0.39 is 0 Å². The average Bonchev–Trinajstić information content (AvgIpc) is 2.43. The Morgan fingerprint density at radius 1 is 1.29 bits per heavy atom. The third-order valence-corrected chi connectivity index (χ3v) is 3.55. The van der Waals surface area contributed by atoms with Gasteiger partial charge in [0.25, 0.3) is 0 Å². The minimum absolute atomic E-state index is 0.111. The first-order valence-electron chi connectivity index (χ1n) is 6.58. The van der Waals surface area contributed by atoms with Gasteiger partial charge in [-0.25, -0.2) is 0 Å². The van der Waals surface area contributed by atoms with Gasteiger partial charge < -0.3 is 16.0 Å². The predicted molar refractivity (Wildman–Crippen MR) is 88.9 cm³/mol. The van der Waals surface area contributed by atoms with Crippen molar-refractivity contribution in [3.8, 4) is 0 Å². The molecule has 0 saturated carbocycles. The molecule has 0 atom stereocenters. The van der Waals surface area contributed by atoms with Crippen LogP contribution in [-0.4, -0.2) is 19.5 Å². The molecule has 110 valence electrons. The number of likely N-dealkylation sites (N-methyl/N-ethyl adjacent to an activating group) is 1. The lowest BCUT2D eigenvalue weighted by Crippen LogP contribution is -2.30. The molecule has 0 aliphatic carbocycles. The summed E-state index contributed by atoms with van der Waals surface area (Å²) < 4.78 is 0. The maximum atomic E-state index is 12.1. The lowest BCUT2D eigenvalue weighted by atomic mass is 10.2. The number of nitrogen functional groups attached to an aromatic ring is 1. The normalized spacial score (nSPS) is 10.2. The Morgan fingerprint density at radius 3 is 2.71 bits per heavy atom. The predicted octanol–water partition coefficient (Wildman–Crippen LogP) is 3.31. The summed E-state index contributed by atoms with van der Waals surface area (Å²) in [6, 6.07) is 12.9. The quantitative estimate of drug-likeness (QED) is 0.852. The lowest BCUT2D eigenvalue weighted by Gasteiger charge is -2.19. The number of hydrogen-bond donors (Lipinski definition) is 2. The number of amides is 1. The van der Waals surface area contributed by atoms with Gasteiger partial charge in [-0.2, -0.15) is 0 Å². The Hall–Kier alpha value is -2.20. The molecular weight excluding hydrogens is 286 g/mol. The van der Waals surface area contributed by atoms with Crippen LogP contribution < -0.4 is 16.0 Å². The van der Waals surface area contributed by atoms with E-state index in [-0.39, 0.29) is 12.5 Å². The van der Waals surface area contributed by atoms with Crippen LogP contribution in [0, 0.1) is 6.92 Å². The van der Waals surface area contributed by atoms with Crippen molar-refractivity contribution in [3.05, 3.63) is 53.1 Å². The molecule has 0 spiro atoms.